The molecule has 2 rings (SSSR count). The molecule has 8 heteroatoms. The molecule has 0 atom stereocenters. The van der Waals surface area contributed by atoms with E-state index in [1.54, 1.807) is 24.3 Å². The number of hydrogen-bond donors (Lipinski definition) is 3. The van der Waals surface area contributed by atoms with Crippen LogP contribution in [0, 0.1) is 4.91 Å². The first-order chi connectivity index (χ1) is 8.60. The second kappa shape index (κ2) is 4.96. The first-order valence-corrected chi connectivity index (χ1v) is 5.65. The molecule has 4 N–H and O–H groups in total. The lowest BCUT2D eigenvalue weighted by Gasteiger charge is -2.07. The van der Waals surface area contributed by atoms with E-state index < -0.39 is 5.56 Å². The Bertz CT molecular complexity index is 638. The number of anilines is 3. The van der Waals surface area contributed by atoms with E-state index in [1.165, 1.54) is 0 Å². The van der Waals surface area contributed by atoms with Crippen LogP contribution < -0.4 is 16.6 Å². The molecule has 0 fully saturated rings. The third-order valence-electron chi connectivity index (χ3n) is 2.11. The van der Waals surface area contributed by atoms with Gasteiger partial charge >= 0.3 is 0 Å². The number of nitrogen functional groups attached to an aromatic ring is 1. The minimum Gasteiger partial charge on any atom is -0.369 e. The molecule has 2 aromatic rings. The Labute approximate surface area is 110 Å². The summed E-state index contributed by atoms with van der Waals surface area (Å²) in [6.07, 6.45) is 0. The number of nitrogens with one attached hydrogen (secondary N) is 2. The highest BCUT2D eigenvalue weighted by Gasteiger charge is 2.11. The van der Waals surface area contributed by atoms with Gasteiger partial charge in [0.1, 0.15) is 0 Å². The van der Waals surface area contributed by atoms with Crippen LogP contribution in [0.5, 0.6) is 0 Å². The Morgan fingerprint density at radius 3 is 2.61 bits per heavy atom. The van der Waals surface area contributed by atoms with Crippen molar-refractivity contribution in [2.24, 2.45) is 5.18 Å². The maximum Gasteiger partial charge on any atom is 0.284 e. The Morgan fingerprint density at radius 1 is 1.33 bits per heavy atom. The van der Waals surface area contributed by atoms with Crippen molar-refractivity contribution in [2.75, 3.05) is 11.1 Å². The number of nitroso groups, excluding NO2 is 1. The number of halogens is 1. The quantitative estimate of drug-likeness (QED) is 0.752. The lowest BCUT2D eigenvalue weighted by atomic mass is 10.3. The van der Waals surface area contributed by atoms with Gasteiger partial charge in [0.2, 0.25) is 11.6 Å². The topological polar surface area (TPSA) is 113 Å². The van der Waals surface area contributed by atoms with Gasteiger partial charge in [-0.1, -0.05) is 15.9 Å². The number of aromatic amines is 1. The van der Waals surface area contributed by atoms with Gasteiger partial charge in [-0.3, -0.25) is 9.78 Å². The van der Waals surface area contributed by atoms with E-state index in [1.807, 2.05) is 0 Å². The van der Waals surface area contributed by atoms with E-state index in [2.05, 4.69) is 36.4 Å². The fourth-order valence-electron chi connectivity index (χ4n) is 1.33. The monoisotopic (exact) mass is 309 g/mol. The lowest BCUT2D eigenvalue weighted by Crippen LogP contribution is -2.12. The summed E-state index contributed by atoms with van der Waals surface area (Å²) in [5, 5.41) is 5.45. The fraction of sp³-hybridized carbons (Fsp3) is 0. The number of nitrogens with zero attached hydrogens (tertiary/aromatic N) is 2. The molecular formula is C10H8BrN5O2. The summed E-state index contributed by atoms with van der Waals surface area (Å²) in [6.45, 7) is 0. The predicted molar refractivity (Wildman–Crippen MR) is 72.1 cm³/mol. The van der Waals surface area contributed by atoms with E-state index in [-0.39, 0.29) is 17.5 Å². The Morgan fingerprint density at radius 2 is 2.00 bits per heavy atom. The highest BCUT2D eigenvalue weighted by Crippen LogP contribution is 2.23. The van der Waals surface area contributed by atoms with Crippen LogP contribution >= 0.6 is 15.9 Å². The van der Waals surface area contributed by atoms with Crippen LogP contribution in [0.25, 0.3) is 0 Å². The second-order valence-corrected chi connectivity index (χ2v) is 4.29. The van der Waals surface area contributed by atoms with Crippen LogP contribution in [0.4, 0.5) is 23.1 Å². The Hall–Kier alpha value is -2.22. The SMILES string of the molecule is Nc1nc(Nc2ccc(Br)cc2)c(N=O)c(=O)[nH]1. The lowest BCUT2D eigenvalue weighted by molar-refractivity contribution is 1.12. The first-order valence-electron chi connectivity index (χ1n) is 4.86. The van der Waals surface area contributed by atoms with Gasteiger partial charge in [-0.15, -0.1) is 4.91 Å². The van der Waals surface area contributed by atoms with Gasteiger partial charge in [-0.2, -0.15) is 4.98 Å². The number of benzene rings is 1. The molecule has 1 aromatic heterocycles. The molecule has 0 saturated heterocycles. The summed E-state index contributed by atoms with van der Waals surface area (Å²) in [4.78, 5) is 28.0. The fourth-order valence-corrected chi connectivity index (χ4v) is 1.59. The van der Waals surface area contributed by atoms with Crippen molar-refractivity contribution in [3.63, 3.8) is 0 Å². The minimum atomic E-state index is -0.683. The average Bonchev–Trinajstić information content (AvgIpc) is 2.32. The standard InChI is InChI=1S/C10H8BrN5O2/c11-5-1-3-6(4-2-5)13-8-7(16-18)9(17)15-10(12)14-8/h1-4H,(H4,12,13,14,15,17). The summed E-state index contributed by atoms with van der Waals surface area (Å²) in [5.74, 6) is -0.0689. The highest BCUT2D eigenvalue weighted by atomic mass is 79.9. The molecule has 0 saturated carbocycles. The van der Waals surface area contributed by atoms with Crippen molar-refractivity contribution in [3.8, 4) is 0 Å². The van der Waals surface area contributed by atoms with Crippen molar-refractivity contribution >= 4 is 39.1 Å². The van der Waals surface area contributed by atoms with Crippen LogP contribution in [-0.2, 0) is 0 Å². The molecule has 0 aliphatic heterocycles. The number of aromatic nitrogens is 2. The largest absolute Gasteiger partial charge is 0.369 e. The van der Waals surface area contributed by atoms with Crippen molar-refractivity contribution in [3.05, 3.63) is 44.0 Å². The summed E-state index contributed by atoms with van der Waals surface area (Å²) in [6, 6.07) is 7.09. The van der Waals surface area contributed by atoms with Crippen molar-refractivity contribution in [1.82, 2.24) is 9.97 Å². The Balaban J connectivity index is 2.42. The maximum atomic E-state index is 11.4. The van der Waals surface area contributed by atoms with E-state index in [9.17, 15) is 9.70 Å². The molecule has 0 bridgehead atoms. The first kappa shape index (κ1) is 12.2. The van der Waals surface area contributed by atoms with Crippen molar-refractivity contribution < 1.29 is 0 Å². The summed E-state index contributed by atoms with van der Waals surface area (Å²) in [7, 11) is 0. The van der Waals surface area contributed by atoms with Crippen LogP contribution in [0.2, 0.25) is 0 Å². The van der Waals surface area contributed by atoms with Gasteiger partial charge in [0, 0.05) is 10.2 Å². The maximum absolute atomic E-state index is 11.4. The van der Waals surface area contributed by atoms with Gasteiger partial charge in [0.05, 0.1) is 0 Å². The number of rotatable bonds is 3. The van der Waals surface area contributed by atoms with E-state index in [4.69, 9.17) is 5.73 Å². The molecule has 7 nitrogen and oxygen atoms in total. The molecule has 1 aromatic carbocycles. The van der Waals surface area contributed by atoms with Crippen molar-refractivity contribution in [1.29, 1.82) is 0 Å². The van der Waals surface area contributed by atoms with Crippen LogP contribution in [0.1, 0.15) is 0 Å². The molecule has 0 amide bonds. The zero-order chi connectivity index (χ0) is 13.1. The van der Waals surface area contributed by atoms with Gasteiger partial charge in [-0.25, -0.2) is 0 Å². The smallest absolute Gasteiger partial charge is 0.284 e. The molecule has 1 heterocycles. The predicted octanol–water partition coefficient (Wildman–Crippen LogP) is 2.26. The number of nitrogens with two attached hydrogens (primary N) is 1. The third-order valence-corrected chi connectivity index (χ3v) is 2.64. The minimum absolute atomic E-state index is 0.0218. The summed E-state index contributed by atoms with van der Waals surface area (Å²) < 4.78 is 0.903. The Kier molecular flexibility index (Phi) is 3.38. The van der Waals surface area contributed by atoms with E-state index in [0.29, 0.717) is 5.69 Å². The molecule has 18 heavy (non-hydrogen) atoms. The average molecular weight is 310 g/mol. The van der Waals surface area contributed by atoms with E-state index >= 15 is 0 Å². The summed E-state index contributed by atoms with van der Waals surface area (Å²) in [5.41, 5.74) is 5.03. The molecule has 0 radical (unpaired) electrons. The number of H-pyrrole nitrogens is 1. The van der Waals surface area contributed by atoms with Crippen LogP contribution in [0.3, 0.4) is 0 Å². The summed E-state index contributed by atoms with van der Waals surface area (Å²) >= 11 is 3.30. The van der Waals surface area contributed by atoms with Gasteiger partial charge < -0.3 is 11.1 Å². The molecule has 0 aliphatic rings. The highest BCUT2D eigenvalue weighted by molar-refractivity contribution is 9.10. The zero-order valence-corrected chi connectivity index (χ0v) is 10.6. The molecular weight excluding hydrogens is 302 g/mol. The molecule has 92 valence electrons. The van der Waals surface area contributed by atoms with Gasteiger partial charge in [0.15, 0.2) is 5.82 Å². The molecule has 0 spiro atoms. The van der Waals surface area contributed by atoms with E-state index in [0.717, 1.165) is 4.47 Å². The van der Waals surface area contributed by atoms with Crippen LogP contribution in [0.15, 0.2) is 38.7 Å². The van der Waals surface area contributed by atoms with Gasteiger partial charge in [0.25, 0.3) is 5.56 Å². The van der Waals surface area contributed by atoms with Gasteiger partial charge in [-0.05, 0) is 29.4 Å². The van der Waals surface area contributed by atoms with Crippen molar-refractivity contribution in [2.45, 2.75) is 0 Å². The van der Waals surface area contributed by atoms with Crippen LogP contribution in [-0.4, -0.2) is 9.97 Å². The number of hydrogen-bond acceptors (Lipinski definition) is 6. The molecule has 0 aliphatic carbocycles. The zero-order valence-electron chi connectivity index (χ0n) is 8.98. The third kappa shape index (κ3) is 2.54. The second-order valence-electron chi connectivity index (χ2n) is 3.37. The normalized spacial score (nSPS) is 10.1. The molecule has 0 unspecified atom stereocenters.